The fourth-order valence-electron chi connectivity index (χ4n) is 2.05. The lowest BCUT2D eigenvalue weighted by Gasteiger charge is -2.02. The Labute approximate surface area is 67.4 Å². The van der Waals surface area contributed by atoms with E-state index in [4.69, 9.17) is 4.74 Å². The summed E-state index contributed by atoms with van der Waals surface area (Å²) in [5.74, 6) is 3.48. The summed E-state index contributed by atoms with van der Waals surface area (Å²) in [6.45, 7) is 2.95. The van der Waals surface area contributed by atoms with Crippen molar-refractivity contribution in [1.82, 2.24) is 5.32 Å². The zero-order chi connectivity index (χ0) is 7.42. The molecule has 3 aliphatic rings. The Kier molecular flexibility index (Phi) is 0.843. The maximum Gasteiger partial charge on any atom is 0.159 e. The summed E-state index contributed by atoms with van der Waals surface area (Å²) in [6, 6.07) is 0. The second-order valence-electron chi connectivity index (χ2n) is 3.59. The molecule has 0 radical (unpaired) electrons. The summed E-state index contributed by atoms with van der Waals surface area (Å²) in [4.78, 5) is 0. The molecular weight excluding hydrogens is 138 g/mol. The first-order valence-corrected chi connectivity index (χ1v) is 4.17. The smallest absolute Gasteiger partial charge is 0.159 e. The average Bonchev–Trinajstić information content (AvgIpc) is 2.50. The van der Waals surface area contributed by atoms with E-state index < -0.39 is 0 Å². The van der Waals surface area contributed by atoms with E-state index in [1.54, 1.807) is 0 Å². The van der Waals surface area contributed by atoms with Gasteiger partial charge in [0.2, 0.25) is 0 Å². The molecule has 2 aliphatic carbocycles. The van der Waals surface area contributed by atoms with Crippen LogP contribution in [0.4, 0.5) is 0 Å². The van der Waals surface area contributed by atoms with E-state index in [0.717, 1.165) is 23.5 Å². The number of allylic oxidation sites excluding steroid dienone is 2. The van der Waals surface area contributed by atoms with Gasteiger partial charge in [-0.1, -0.05) is 13.0 Å². The van der Waals surface area contributed by atoms with E-state index in [1.807, 2.05) is 0 Å². The molecule has 60 valence electrons. The lowest BCUT2D eigenvalue weighted by atomic mass is 10.1. The summed E-state index contributed by atoms with van der Waals surface area (Å²) in [7, 11) is 0. The maximum atomic E-state index is 5.38. The number of ether oxygens (including phenoxy) is 1. The van der Waals surface area contributed by atoms with E-state index in [1.165, 1.54) is 5.70 Å². The third kappa shape index (κ3) is 0.621. The Morgan fingerprint density at radius 2 is 2.36 bits per heavy atom. The third-order valence-electron chi connectivity index (χ3n) is 2.98. The van der Waals surface area contributed by atoms with Gasteiger partial charge in [-0.15, -0.1) is 0 Å². The van der Waals surface area contributed by atoms with E-state index in [-0.39, 0.29) is 1.43 Å². The van der Waals surface area contributed by atoms with Gasteiger partial charge in [-0.05, 0) is 23.8 Å². The highest BCUT2D eigenvalue weighted by Crippen LogP contribution is 2.52. The van der Waals surface area contributed by atoms with Gasteiger partial charge in [0.25, 0.3) is 0 Å². The molecule has 1 heterocycles. The third-order valence-corrected chi connectivity index (χ3v) is 2.98. The van der Waals surface area contributed by atoms with Crippen molar-refractivity contribution < 1.29 is 6.16 Å². The molecule has 1 saturated heterocycles. The molecule has 11 heavy (non-hydrogen) atoms. The van der Waals surface area contributed by atoms with Gasteiger partial charge >= 0.3 is 0 Å². The standard InChI is InChI=1S/C9H11NO.H2/c1-5-6-2-8-9(3-7(5)6)11-4-10-8;/h2-3,5-7,10H,4H2,1H3;1H. The second-order valence-corrected chi connectivity index (χ2v) is 3.59. The highest BCUT2D eigenvalue weighted by atomic mass is 16.5. The van der Waals surface area contributed by atoms with Crippen LogP contribution >= 0.6 is 0 Å². The molecule has 2 fully saturated rings. The van der Waals surface area contributed by atoms with Gasteiger partial charge in [0.1, 0.15) is 5.76 Å². The molecule has 0 bridgehead atoms. The van der Waals surface area contributed by atoms with Crippen molar-refractivity contribution in [3.05, 3.63) is 23.6 Å². The molecule has 3 unspecified atom stereocenters. The topological polar surface area (TPSA) is 21.3 Å². The number of rotatable bonds is 0. The van der Waals surface area contributed by atoms with Gasteiger partial charge in [0.05, 0.1) is 5.70 Å². The van der Waals surface area contributed by atoms with Crippen LogP contribution < -0.4 is 5.32 Å². The predicted molar refractivity (Wildman–Crippen MR) is 43.5 cm³/mol. The summed E-state index contributed by atoms with van der Waals surface area (Å²) in [5.41, 5.74) is 1.22. The lowest BCUT2D eigenvalue weighted by molar-refractivity contribution is 0.252. The first-order valence-electron chi connectivity index (χ1n) is 4.17. The lowest BCUT2D eigenvalue weighted by Crippen LogP contribution is -2.05. The zero-order valence-corrected chi connectivity index (χ0v) is 6.50. The minimum atomic E-state index is 0. The van der Waals surface area contributed by atoms with E-state index in [9.17, 15) is 0 Å². The van der Waals surface area contributed by atoms with E-state index >= 15 is 0 Å². The van der Waals surface area contributed by atoms with Crippen molar-refractivity contribution in [3.63, 3.8) is 0 Å². The average molecular weight is 151 g/mol. The molecule has 1 saturated carbocycles. The van der Waals surface area contributed by atoms with Gasteiger partial charge in [-0.25, -0.2) is 0 Å². The zero-order valence-electron chi connectivity index (χ0n) is 6.50. The summed E-state index contributed by atoms with van der Waals surface area (Å²) >= 11 is 0. The number of nitrogens with one attached hydrogen (secondary N) is 1. The molecule has 0 aromatic carbocycles. The van der Waals surface area contributed by atoms with Gasteiger partial charge in [0, 0.05) is 1.43 Å². The number of hydrogen-bond donors (Lipinski definition) is 1. The predicted octanol–water partition coefficient (Wildman–Crippen LogP) is 1.47. The van der Waals surface area contributed by atoms with Gasteiger partial charge < -0.3 is 10.1 Å². The van der Waals surface area contributed by atoms with Crippen molar-refractivity contribution in [2.75, 3.05) is 6.73 Å². The van der Waals surface area contributed by atoms with Crippen molar-refractivity contribution in [3.8, 4) is 0 Å². The molecule has 2 nitrogen and oxygen atoms in total. The van der Waals surface area contributed by atoms with Crippen LogP contribution in [0.2, 0.25) is 0 Å². The molecule has 3 rings (SSSR count). The fourth-order valence-corrected chi connectivity index (χ4v) is 2.05. The van der Waals surface area contributed by atoms with Gasteiger partial charge in [-0.2, -0.15) is 0 Å². The maximum absolute atomic E-state index is 5.38. The number of fused-ring (bicyclic) bond motifs is 2. The first-order chi connectivity index (χ1) is 5.36. The molecule has 0 amide bonds. The SMILES string of the molecule is CC1C2C=C3NCOC3=CC12.[HH]. The van der Waals surface area contributed by atoms with Gasteiger partial charge in [-0.3, -0.25) is 0 Å². The Bertz CT molecular complexity index is 246. The quantitative estimate of drug-likeness (QED) is 0.566. The van der Waals surface area contributed by atoms with Crippen LogP contribution in [0.3, 0.4) is 0 Å². The first kappa shape index (κ1) is 5.70. The Morgan fingerprint density at radius 1 is 1.55 bits per heavy atom. The number of hydrogen-bond acceptors (Lipinski definition) is 2. The van der Waals surface area contributed by atoms with Crippen LogP contribution in [0.15, 0.2) is 23.6 Å². The van der Waals surface area contributed by atoms with Crippen LogP contribution in [-0.4, -0.2) is 6.73 Å². The molecule has 1 aliphatic heterocycles. The highest BCUT2D eigenvalue weighted by molar-refractivity contribution is 5.37. The molecule has 1 N–H and O–H groups in total. The largest absolute Gasteiger partial charge is 0.471 e. The Hall–Kier alpha value is -0.920. The van der Waals surface area contributed by atoms with E-state index in [0.29, 0.717) is 6.73 Å². The van der Waals surface area contributed by atoms with E-state index in [2.05, 4.69) is 24.4 Å². The summed E-state index contributed by atoms with van der Waals surface area (Å²) < 4.78 is 5.38. The normalized spacial score (nSPS) is 44.3. The van der Waals surface area contributed by atoms with Crippen molar-refractivity contribution in [1.29, 1.82) is 0 Å². The minimum Gasteiger partial charge on any atom is -0.471 e. The molecule has 0 aromatic rings. The molecule has 3 atom stereocenters. The second kappa shape index (κ2) is 1.63. The molecule has 0 spiro atoms. The van der Waals surface area contributed by atoms with Crippen molar-refractivity contribution >= 4 is 0 Å². The van der Waals surface area contributed by atoms with Crippen LogP contribution in [0.1, 0.15) is 8.35 Å². The van der Waals surface area contributed by atoms with Crippen molar-refractivity contribution in [2.24, 2.45) is 17.8 Å². The minimum absolute atomic E-state index is 0. The molecule has 0 aromatic heterocycles. The van der Waals surface area contributed by atoms with Gasteiger partial charge in [0.15, 0.2) is 6.73 Å². The Morgan fingerprint density at radius 3 is 3.27 bits per heavy atom. The van der Waals surface area contributed by atoms with Crippen LogP contribution in [0.25, 0.3) is 0 Å². The summed E-state index contributed by atoms with van der Waals surface area (Å²) in [6.07, 6.45) is 4.59. The monoisotopic (exact) mass is 151 g/mol. The highest BCUT2D eigenvalue weighted by Gasteiger charge is 2.47. The Balaban J connectivity index is 0.000000563. The molecular formula is C9H13NO. The fraction of sp³-hybridized carbons (Fsp3) is 0.556. The summed E-state index contributed by atoms with van der Waals surface area (Å²) in [5, 5.41) is 3.21. The van der Waals surface area contributed by atoms with Crippen LogP contribution in [0, 0.1) is 17.8 Å². The van der Waals surface area contributed by atoms with Crippen LogP contribution in [0.5, 0.6) is 0 Å². The van der Waals surface area contributed by atoms with Crippen LogP contribution in [-0.2, 0) is 4.74 Å². The van der Waals surface area contributed by atoms with Crippen molar-refractivity contribution in [2.45, 2.75) is 6.92 Å². The molecule has 2 heteroatoms.